The van der Waals surface area contributed by atoms with E-state index < -0.39 is 23.8 Å². The predicted molar refractivity (Wildman–Crippen MR) is 125 cm³/mol. The number of carbonyl (C=O) groups is 1. The average molecular weight is 483 g/mol. The zero-order valence-electron chi connectivity index (χ0n) is 19.0. The van der Waals surface area contributed by atoms with E-state index >= 15 is 8.78 Å². The maximum Gasteiger partial charge on any atom is 0.317 e. The van der Waals surface area contributed by atoms with Gasteiger partial charge in [0.05, 0.1) is 12.8 Å². The third-order valence-electron chi connectivity index (χ3n) is 5.75. The Morgan fingerprint density at radius 1 is 1.06 bits per heavy atom. The summed E-state index contributed by atoms with van der Waals surface area (Å²) in [6.07, 6.45) is 1.26. The van der Waals surface area contributed by atoms with Crippen molar-refractivity contribution in [1.82, 2.24) is 4.90 Å². The lowest BCUT2D eigenvalue weighted by molar-refractivity contribution is -0.138. The van der Waals surface area contributed by atoms with Crippen LogP contribution in [0.15, 0.2) is 83.5 Å². The summed E-state index contributed by atoms with van der Waals surface area (Å²) in [5.74, 6) is -4.23. The van der Waals surface area contributed by atoms with Crippen LogP contribution in [0, 0.1) is 5.82 Å². The Balaban J connectivity index is 1.54. The lowest BCUT2D eigenvalue weighted by Gasteiger charge is -2.23. The first-order chi connectivity index (χ1) is 16.7. The molecule has 0 spiro atoms. The molecule has 8 heteroatoms. The topological polar surface area (TPSA) is 62.9 Å². The Morgan fingerprint density at radius 3 is 2.46 bits per heavy atom. The quantitative estimate of drug-likeness (QED) is 0.289. The number of carboxylic acid groups (broad SMARTS) is 1. The highest BCUT2D eigenvalue weighted by molar-refractivity contribution is 5.82. The first-order valence-corrected chi connectivity index (χ1v) is 11.0. The van der Waals surface area contributed by atoms with Gasteiger partial charge in [0.15, 0.2) is 0 Å². The number of likely N-dealkylation sites (N-methyl/N-ethyl adjacent to an activating group) is 1. The van der Waals surface area contributed by atoms with E-state index in [0.717, 1.165) is 0 Å². The van der Waals surface area contributed by atoms with Gasteiger partial charge >= 0.3 is 5.97 Å². The van der Waals surface area contributed by atoms with Crippen molar-refractivity contribution in [2.75, 3.05) is 20.1 Å². The Hall–Kier alpha value is -3.78. The molecule has 0 saturated heterocycles. The molecule has 1 atom stereocenters. The normalized spacial score (nSPS) is 12.7. The summed E-state index contributed by atoms with van der Waals surface area (Å²) >= 11 is 0. The smallest absolute Gasteiger partial charge is 0.317 e. The van der Waals surface area contributed by atoms with Crippen LogP contribution in [0.4, 0.5) is 13.2 Å². The lowest BCUT2D eigenvalue weighted by Crippen LogP contribution is -2.28. The second-order valence-corrected chi connectivity index (χ2v) is 8.31. The van der Waals surface area contributed by atoms with Crippen LogP contribution in [-0.2, 0) is 10.7 Å². The van der Waals surface area contributed by atoms with Crippen LogP contribution in [0.5, 0.6) is 5.75 Å². The Labute approximate surface area is 200 Å². The Bertz CT molecular complexity index is 1290. The monoisotopic (exact) mass is 483 g/mol. The lowest BCUT2D eigenvalue weighted by atomic mass is 9.97. The second-order valence-electron chi connectivity index (χ2n) is 8.31. The van der Waals surface area contributed by atoms with E-state index in [0.29, 0.717) is 35.2 Å². The molecule has 0 fully saturated rings. The number of halogens is 3. The molecule has 0 aliphatic carbocycles. The van der Waals surface area contributed by atoms with Crippen molar-refractivity contribution in [3.8, 4) is 5.75 Å². The van der Waals surface area contributed by atoms with Gasteiger partial charge < -0.3 is 14.3 Å². The largest absolute Gasteiger partial charge is 0.486 e. The van der Waals surface area contributed by atoms with Gasteiger partial charge in [0.1, 0.15) is 23.3 Å². The first kappa shape index (κ1) is 24.3. The molecule has 5 nitrogen and oxygen atoms in total. The molecule has 0 radical (unpaired) electrons. The summed E-state index contributed by atoms with van der Waals surface area (Å²) in [6, 6.07) is 17.4. The number of carboxylic acids is 1. The Morgan fingerprint density at radius 2 is 1.77 bits per heavy atom. The molecule has 3 aromatic carbocycles. The zero-order chi connectivity index (χ0) is 25.0. The maximum atomic E-state index is 15.3. The molecule has 0 bridgehead atoms. The highest BCUT2D eigenvalue weighted by Crippen LogP contribution is 2.40. The fourth-order valence-electron chi connectivity index (χ4n) is 3.95. The van der Waals surface area contributed by atoms with Crippen molar-refractivity contribution in [1.29, 1.82) is 0 Å². The summed E-state index contributed by atoms with van der Waals surface area (Å²) in [5.41, 5.74) is 0.731. The van der Waals surface area contributed by atoms with Gasteiger partial charge in [-0.25, -0.2) is 4.39 Å². The van der Waals surface area contributed by atoms with Crippen molar-refractivity contribution in [3.05, 3.63) is 102 Å². The minimum absolute atomic E-state index is 0.136. The van der Waals surface area contributed by atoms with Crippen molar-refractivity contribution < 1.29 is 32.2 Å². The second kappa shape index (κ2) is 10.2. The van der Waals surface area contributed by atoms with E-state index in [4.69, 9.17) is 14.3 Å². The summed E-state index contributed by atoms with van der Waals surface area (Å²) in [5, 5.41) is 9.32. The number of fused-ring (bicyclic) bond motifs is 1. The summed E-state index contributed by atoms with van der Waals surface area (Å²) < 4.78 is 55.4. The molecule has 1 heterocycles. The van der Waals surface area contributed by atoms with E-state index in [1.165, 1.54) is 60.9 Å². The molecular formula is C27H24F3NO4. The highest BCUT2D eigenvalue weighted by atomic mass is 19.3. The van der Waals surface area contributed by atoms with Crippen molar-refractivity contribution in [2.24, 2.45) is 0 Å². The summed E-state index contributed by atoms with van der Waals surface area (Å²) in [6.45, 7) is 0.266. The molecule has 0 aliphatic rings. The van der Waals surface area contributed by atoms with E-state index in [1.54, 1.807) is 30.1 Å². The summed E-state index contributed by atoms with van der Waals surface area (Å²) in [7, 11) is 1.67. The van der Waals surface area contributed by atoms with Crippen LogP contribution in [0.25, 0.3) is 11.0 Å². The SMILES string of the molecule is CN(CCC(Oc1ccc(C(F)(F)c2cccc3occc23)cc1)c1ccc(F)cc1)CC(=O)O. The molecule has 182 valence electrons. The molecule has 0 saturated carbocycles. The molecule has 1 N–H and O–H groups in total. The van der Waals surface area contributed by atoms with Crippen molar-refractivity contribution >= 4 is 16.9 Å². The molecule has 1 unspecified atom stereocenters. The number of hydrogen-bond acceptors (Lipinski definition) is 4. The molecule has 0 aliphatic heterocycles. The standard InChI is InChI=1S/C27H24F3NO4/c1-31(17-26(32)33)15-13-24(18-5-9-20(28)10-6-18)35-21-11-7-19(8-12-21)27(29,30)23-3-2-4-25-22(23)14-16-34-25/h2-12,14,16,24H,13,15,17H2,1H3,(H,32,33). The van der Waals surface area contributed by atoms with Crippen LogP contribution in [-0.4, -0.2) is 36.1 Å². The van der Waals surface area contributed by atoms with E-state index in [9.17, 15) is 9.18 Å². The van der Waals surface area contributed by atoms with Crippen molar-refractivity contribution in [2.45, 2.75) is 18.4 Å². The van der Waals surface area contributed by atoms with E-state index in [1.807, 2.05) is 0 Å². The van der Waals surface area contributed by atoms with Crippen LogP contribution in [0.2, 0.25) is 0 Å². The van der Waals surface area contributed by atoms with Gasteiger partial charge in [-0.1, -0.05) is 24.3 Å². The average Bonchev–Trinajstić information content (AvgIpc) is 3.31. The fourth-order valence-corrected chi connectivity index (χ4v) is 3.95. The molecule has 4 rings (SSSR count). The van der Waals surface area contributed by atoms with Gasteiger partial charge in [0.25, 0.3) is 5.92 Å². The molecule has 1 aromatic heterocycles. The molecule has 35 heavy (non-hydrogen) atoms. The zero-order valence-corrected chi connectivity index (χ0v) is 19.0. The first-order valence-electron chi connectivity index (χ1n) is 11.0. The Kier molecular flexibility index (Phi) is 7.12. The number of nitrogens with zero attached hydrogens (tertiary/aromatic N) is 1. The number of ether oxygens (including phenoxy) is 1. The third kappa shape index (κ3) is 5.66. The molecule has 0 amide bonds. The van der Waals surface area contributed by atoms with Gasteiger partial charge in [-0.05, 0) is 61.1 Å². The number of furan rings is 1. The van der Waals surface area contributed by atoms with Gasteiger partial charge in [0, 0.05) is 29.5 Å². The van der Waals surface area contributed by atoms with Crippen LogP contribution < -0.4 is 4.74 Å². The highest BCUT2D eigenvalue weighted by Gasteiger charge is 2.36. The van der Waals surface area contributed by atoms with Crippen LogP contribution in [0.3, 0.4) is 0 Å². The van der Waals surface area contributed by atoms with Gasteiger partial charge in [-0.2, -0.15) is 8.78 Å². The number of hydrogen-bond donors (Lipinski definition) is 1. The van der Waals surface area contributed by atoms with Crippen molar-refractivity contribution in [3.63, 3.8) is 0 Å². The number of aliphatic carboxylic acids is 1. The van der Waals surface area contributed by atoms with Crippen LogP contribution >= 0.6 is 0 Å². The van der Waals surface area contributed by atoms with E-state index in [2.05, 4.69) is 0 Å². The van der Waals surface area contributed by atoms with Gasteiger partial charge in [-0.3, -0.25) is 9.69 Å². The number of benzene rings is 3. The van der Waals surface area contributed by atoms with Crippen LogP contribution in [0.1, 0.15) is 29.2 Å². The van der Waals surface area contributed by atoms with Gasteiger partial charge in [0.2, 0.25) is 0 Å². The number of rotatable bonds is 10. The minimum atomic E-state index is -3.25. The third-order valence-corrected chi connectivity index (χ3v) is 5.75. The fraction of sp³-hybridized carbons (Fsp3) is 0.222. The summed E-state index contributed by atoms with van der Waals surface area (Å²) in [4.78, 5) is 12.6. The van der Waals surface area contributed by atoms with Gasteiger partial charge in [-0.15, -0.1) is 0 Å². The minimum Gasteiger partial charge on any atom is -0.486 e. The van der Waals surface area contributed by atoms with E-state index in [-0.39, 0.29) is 17.7 Å². The molecular weight excluding hydrogens is 459 g/mol. The number of alkyl halides is 2. The maximum absolute atomic E-state index is 15.3. The molecule has 4 aromatic rings. The predicted octanol–water partition coefficient (Wildman–Crippen LogP) is 6.24.